The molecule has 21 heavy (non-hydrogen) atoms. The van der Waals surface area contributed by atoms with Gasteiger partial charge in [0.15, 0.2) is 0 Å². The van der Waals surface area contributed by atoms with Gasteiger partial charge >= 0.3 is 12.0 Å². The fraction of sp³-hybridized carbons (Fsp3) is 0.308. The van der Waals surface area contributed by atoms with Crippen molar-refractivity contribution in [2.45, 2.75) is 6.04 Å². The van der Waals surface area contributed by atoms with Gasteiger partial charge in [0.2, 0.25) is 0 Å². The molecule has 6 nitrogen and oxygen atoms in total. The van der Waals surface area contributed by atoms with E-state index in [0.717, 1.165) is 6.07 Å². The van der Waals surface area contributed by atoms with Gasteiger partial charge in [-0.15, -0.1) is 0 Å². The van der Waals surface area contributed by atoms with Crippen LogP contribution in [0.15, 0.2) is 18.2 Å². The number of hydrogen-bond acceptors (Lipinski definition) is 4. The molecule has 1 fully saturated rings. The van der Waals surface area contributed by atoms with Crippen molar-refractivity contribution in [2.24, 2.45) is 0 Å². The molecule has 1 saturated heterocycles. The Kier molecular flexibility index (Phi) is 4.65. The summed E-state index contributed by atoms with van der Waals surface area (Å²) in [5.74, 6) is -0.885. The van der Waals surface area contributed by atoms with Gasteiger partial charge in [0.1, 0.15) is 11.9 Å². The highest BCUT2D eigenvalue weighted by Gasteiger charge is 2.32. The van der Waals surface area contributed by atoms with Crippen LogP contribution in [0.4, 0.5) is 14.9 Å². The normalized spacial score (nSPS) is 17.9. The molecule has 1 aliphatic heterocycles. The number of hydrogen-bond donors (Lipinski definition) is 2. The summed E-state index contributed by atoms with van der Waals surface area (Å²) in [6.45, 7) is 0.283. The second-order valence-electron chi connectivity index (χ2n) is 4.36. The van der Waals surface area contributed by atoms with E-state index in [0.29, 0.717) is 11.5 Å². The third-order valence-corrected chi connectivity index (χ3v) is 4.04. The summed E-state index contributed by atoms with van der Waals surface area (Å²) in [5, 5.41) is 20.1. The number of carbonyl (C=O) groups excluding carboxylic acids is 1. The highest BCUT2D eigenvalue weighted by molar-refractivity contribution is 7.99. The monoisotopic (exact) mass is 309 g/mol. The van der Waals surface area contributed by atoms with Gasteiger partial charge in [0, 0.05) is 18.1 Å². The summed E-state index contributed by atoms with van der Waals surface area (Å²) in [4.78, 5) is 24.4. The molecule has 1 aromatic carbocycles. The quantitative estimate of drug-likeness (QED) is 0.868. The number of carboxylic acids is 1. The van der Waals surface area contributed by atoms with Gasteiger partial charge in [0.25, 0.3) is 0 Å². The Morgan fingerprint density at radius 3 is 2.90 bits per heavy atom. The molecule has 110 valence electrons. The van der Waals surface area contributed by atoms with Gasteiger partial charge in [0.05, 0.1) is 17.3 Å². The van der Waals surface area contributed by atoms with Crippen LogP contribution in [-0.4, -0.2) is 46.1 Å². The predicted octanol–water partition coefficient (Wildman–Crippen LogP) is 1.73. The number of amides is 2. The van der Waals surface area contributed by atoms with Crippen molar-refractivity contribution in [3.05, 3.63) is 29.6 Å². The van der Waals surface area contributed by atoms with Crippen LogP contribution in [0.2, 0.25) is 0 Å². The lowest BCUT2D eigenvalue weighted by atomic mass is 10.2. The first-order valence-electron chi connectivity index (χ1n) is 6.10. The van der Waals surface area contributed by atoms with Gasteiger partial charge in [-0.05, 0) is 18.2 Å². The first kappa shape index (κ1) is 15.1. The number of carboxylic acid groups (broad SMARTS) is 1. The number of halogens is 1. The van der Waals surface area contributed by atoms with Crippen molar-refractivity contribution in [3.63, 3.8) is 0 Å². The minimum absolute atomic E-state index is 0.0821. The largest absolute Gasteiger partial charge is 0.480 e. The molecule has 0 aliphatic carbocycles. The maximum absolute atomic E-state index is 13.7. The number of urea groups is 1. The number of thioether (sulfide) groups is 1. The zero-order valence-electron chi connectivity index (χ0n) is 10.9. The molecule has 2 N–H and O–H groups in total. The third kappa shape index (κ3) is 3.44. The molecule has 0 spiro atoms. The lowest BCUT2D eigenvalue weighted by molar-refractivity contribution is -0.141. The average Bonchev–Trinajstić information content (AvgIpc) is 2.49. The van der Waals surface area contributed by atoms with E-state index in [1.165, 1.54) is 28.8 Å². The van der Waals surface area contributed by atoms with E-state index in [4.69, 9.17) is 10.4 Å². The second-order valence-corrected chi connectivity index (χ2v) is 5.51. The summed E-state index contributed by atoms with van der Waals surface area (Å²) in [6.07, 6.45) is 0. The molecule has 0 saturated carbocycles. The molecule has 0 aromatic heterocycles. The molecule has 1 heterocycles. The molecule has 0 radical (unpaired) electrons. The van der Waals surface area contributed by atoms with E-state index in [2.05, 4.69) is 5.32 Å². The van der Waals surface area contributed by atoms with Crippen molar-refractivity contribution in [2.75, 3.05) is 23.4 Å². The van der Waals surface area contributed by atoms with Crippen LogP contribution >= 0.6 is 11.8 Å². The van der Waals surface area contributed by atoms with Crippen molar-refractivity contribution >= 4 is 29.4 Å². The molecule has 0 bridgehead atoms. The number of rotatable bonds is 2. The van der Waals surface area contributed by atoms with E-state index in [1.54, 1.807) is 6.07 Å². The van der Waals surface area contributed by atoms with Crippen molar-refractivity contribution in [1.82, 2.24) is 4.90 Å². The van der Waals surface area contributed by atoms with Gasteiger partial charge in [-0.2, -0.15) is 17.0 Å². The molecular formula is C13H12FN3O3S. The van der Waals surface area contributed by atoms with Crippen LogP contribution in [0.1, 0.15) is 5.56 Å². The number of carbonyl (C=O) groups is 2. The zero-order valence-corrected chi connectivity index (χ0v) is 11.7. The number of benzene rings is 1. The van der Waals surface area contributed by atoms with Gasteiger partial charge < -0.3 is 15.3 Å². The predicted molar refractivity (Wildman–Crippen MR) is 75.6 cm³/mol. The smallest absolute Gasteiger partial charge is 0.327 e. The maximum Gasteiger partial charge on any atom is 0.327 e. The minimum Gasteiger partial charge on any atom is -0.480 e. The number of aliphatic carboxylic acids is 1. The summed E-state index contributed by atoms with van der Waals surface area (Å²) < 4.78 is 13.7. The number of nitrogens with one attached hydrogen (secondary N) is 1. The zero-order chi connectivity index (χ0) is 15.4. The van der Waals surface area contributed by atoms with Crippen LogP contribution in [0.25, 0.3) is 0 Å². The number of nitriles is 1. The molecule has 2 rings (SSSR count). The minimum atomic E-state index is -1.09. The molecule has 1 aromatic rings. The van der Waals surface area contributed by atoms with E-state index >= 15 is 0 Å². The molecule has 1 aliphatic rings. The molecule has 8 heteroatoms. The first-order valence-corrected chi connectivity index (χ1v) is 7.26. The molecule has 1 atom stereocenters. The Labute approximate surface area is 124 Å². The summed E-state index contributed by atoms with van der Waals surface area (Å²) in [5.41, 5.74) is 0.0599. The first-order chi connectivity index (χ1) is 10.0. The van der Waals surface area contributed by atoms with Crippen LogP contribution in [0.5, 0.6) is 0 Å². The third-order valence-electron chi connectivity index (χ3n) is 3.01. The summed E-state index contributed by atoms with van der Waals surface area (Å²) in [7, 11) is 0. The summed E-state index contributed by atoms with van der Waals surface area (Å²) >= 11 is 1.45. The fourth-order valence-corrected chi connectivity index (χ4v) is 2.96. The topological polar surface area (TPSA) is 93.4 Å². The van der Waals surface area contributed by atoms with Gasteiger partial charge in [-0.3, -0.25) is 0 Å². The highest BCUT2D eigenvalue weighted by Crippen LogP contribution is 2.20. The fourth-order valence-electron chi connectivity index (χ4n) is 1.92. The number of nitrogens with zero attached hydrogens (tertiary/aromatic N) is 2. The number of anilines is 1. The van der Waals surface area contributed by atoms with E-state index in [1.807, 2.05) is 0 Å². The van der Waals surface area contributed by atoms with Gasteiger partial charge in [-0.1, -0.05) is 0 Å². The summed E-state index contributed by atoms with van der Waals surface area (Å²) in [6, 6.07) is 3.87. The Morgan fingerprint density at radius 2 is 2.29 bits per heavy atom. The SMILES string of the molecule is N#Cc1ccc(NC(=O)N2CCSCC2C(=O)O)c(F)c1. The molecule has 2 amide bonds. The van der Waals surface area contributed by atoms with E-state index in [-0.39, 0.29) is 17.8 Å². The lowest BCUT2D eigenvalue weighted by Gasteiger charge is -2.32. The Hall–Kier alpha value is -2.27. The van der Waals surface area contributed by atoms with Crippen molar-refractivity contribution in [3.8, 4) is 6.07 Å². The van der Waals surface area contributed by atoms with Gasteiger partial charge in [-0.25, -0.2) is 14.0 Å². The Bertz CT molecular complexity index is 617. The van der Waals surface area contributed by atoms with Crippen LogP contribution in [0, 0.1) is 17.1 Å². The van der Waals surface area contributed by atoms with Crippen molar-refractivity contribution < 1.29 is 19.1 Å². The Morgan fingerprint density at radius 1 is 1.52 bits per heavy atom. The van der Waals surface area contributed by atoms with Crippen LogP contribution < -0.4 is 5.32 Å². The molecular weight excluding hydrogens is 297 g/mol. The lowest BCUT2D eigenvalue weighted by Crippen LogP contribution is -2.51. The Balaban J connectivity index is 2.13. The second kappa shape index (κ2) is 6.45. The van der Waals surface area contributed by atoms with E-state index < -0.39 is 23.9 Å². The maximum atomic E-state index is 13.7. The highest BCUT2D eigenvalue weighted by atomic mass is 32.2. The molecule has 1 unspecified atom stereocenters. The van der Waals surface area contributed by atoms with Crippen molar-refractivity contribution in [1.29, 1.82) is 5.26 Å². The standard InChI is InChI=1S/C13H12FN3O3S/c14-9-5-8(6-15)1-2-10(9)16-13(20)17-3-4-21-7-11(17)12(18)19/h1-2,5,11H,3-4,7H2,(H,16,20)(H,18,19). The average molecular weight is 309 g/mol. The van der Waals surface area contributed by atoms with E-state index in [9.17, 15) is 14.0 Å². The van der Waals surface area contributed by atoms with Crippen LogP contribution in [-0.2, 0) is 4.79 Å². The van der Waals surface area contributed by atoms with Crippen LogP contribution in [0.3, 0.4) is 0 Å².